The van der Waals surface area contributed by atoms with Crippen LogP contribution in [0.25, 0.3) is 0 Å². The number of carbonyl (C=O) groups excluding carboxylic acids is 1. The van der Waals surface area contributed by atoms with Crippen LogP contribution in [-0.4, -0.2) is 28.0 Å². The number of hydrogen-bond acceptors (Lipinski definition) is 3. The van der Waals surface area contributed by atoms with Gasteiger partial charge in [-0.1, -0.05) is 43.4 Å². The van der Waals surface area contributed by atoms with E-state index in [1.165, 1.54) is 5.70 Å². The lowest BCUT2D eigenvalue weighted by atomic mass is 10.1. The van der Waals surface area contributed by atoms with Crippen molar-refractivity contribution >= 4 is 26.5 Å². The summed E-state index contributed by atoms with van der Waals surface area (Å²) in [6.07, 6.45) is 11.1. The number of ether oxygens (including phenoxy) is 1. The third-order valence-corrected chi connectivity index (χ3v) is 4.76. The smallest absolute Gasteiger partial charge is 0.281 e. The van der Waals surface area contributed by atoms with Crippen LogP contribution < -0.4 is 10.1 Å². The van der Waals surface area contributed by atoms with Crippen LogP contribution in [0.1, 0.15) is 25.5 Å². The number of allylic oxidation sites excluding steroid dienone is 5. The Kier molecular flexibility index (Phi) is 5.83. The van der Waals surface area contributed by atoms with Gasteiger partial charge < -0.3 is 15.0 Å². The van der Waals surface area contributed by atoms with E-state index in [-0.39, 0.29) is 16.1 Å². The zero-order valence-corrected chi connectivity index (χ0v) is 16.6. The minimum Gasteiger partial charge on any atom is -0.487 e. The van der Waals surface area contributed by atoms with Crippen LogP contribution >= 0.6 is 22.6 Å². The summed E-state index contributed by atoms with van der Waals surface area (Å²) in [4.78, 5) is 13.5. The molecule has 3 rings (SSSR count). The number of carbonyl (C=O) groups is 1. The van der Waals surface area contributed by atoms with Crippen LogP contribution in [0.3, 0.4) is 0 Å². The molecule has 1 heterocycles. The van der Waals surface area contributed by atoms with Crippen LogP contribution in [0.5, 0.6) is 5.75 Å². The first-order chi connectivity index (χ1) is 12.0. The van der Waals surface area contributed by atoms with Crippen molar-refractivity contribution in [2.45, 2.75) is 26.0 Å². The summed E-state index contributed by atoms with van der Waals surface area (Å²) in [6, 6.07) is 7.97. The van der Waals surface area contributed by atoms with Gasteiger partial charge in [-0.3, -0.25) is 4.79 Å². The Bertz CT molecular complexity index is 703. The van der Waals surface area contributed by atoms with Crippen molar-refractivity contribution in [3.63, 3.8) is 0 Å². The van der Waals surface area contributed by atoms with Crippen molar-refractivity contribution in [2.75, 3.05) is 13.1 Å². The lowest BCUT2D eigenvalue weighted by Crippen LogP contribution is -2.52. The fourth-order valence-electron chi connectivity index (χ4n) is 2.99. The molecule has 1 aliphatic carbocycles. The highest BCUT2D eigenvalue weighted by atomic mass is 127. The van der Waals surface area contributed by atoms with E-state index in [9.17, 15) is 4.79 Å². The van der Waals surface area contributed by atoms with E-state index >= 15 is 0 Å². The number of benzene rings is 1. The van der Waals surface area contributed by atoms with Crippen molar-refractivity contribution < 1.29 is 9.53 Å². The van der Waals surface area contributed by atoms with Gasteiger partial charge in [-0.15, -0.1) is 0 Å². The Morgan fingerprint density at radius 3 is 2.68 bits per heavy atom. The molecule has 25 heavy (non-hydrogen) atoms. The lowest BCUT2D eigenvalue weighted by molar-refractivity contribution is 0.0465. The number of nitrogens with zero attached hydrogens (tertiary/aromatic N) is 1. The summed E-state index contributed by atoms with van der Waals surface area (Å²) in [5, 5.41) is 2.87. The average molecular weight is 450 g/mol. The number of amides is 1. The SMILES string of the molecule is CC1C=CC=CC(N2CC(Oc3ccc([C@H](C)NC(=O)I)cc3)C2)=C1. The number of likely N-dealkylation sites (tertiary alicyclic amines) is 1. The first-order valence-corrected chi connectivity index (χ1v) is 9.63. The second-order valence-corrected chi connectivity index (χ2v) is 7.53. The number of halogens is 1. The molecule has 4 nitrogen and oxygen atoms in total. The van der Waals surface area contributed by atoms with Crippen molar-refractivity contribution in [1.82, 2.24) is 10.2 Å². The first kappa shape index (κ1) is 18.0. The van der Waals surface area contributed by atoms with E-state index in [4.69, 9.17) is 4.74 Å². The quantitative estimate of drug-likeness (QED) is 0.405. The van der Waals surface area contributed by atoms with Gasteiger partial charge >= 0.3 is 0 Å². The van der Waals surface area contributed by atoms with E-state index in [1.807, 2.05) is 31.2 Å². The van der Waals surface area contributed by atoms with Crippen LogP contribution in [-0.2, 0) is 0 Å². The molecular formula is C20H23IN2O2. The third kappa shape index (κ3) is 4.87. The van der Waals surface area contributed by atoms with Crippen LogP contribution in [0, 0.1) is 5.92 Å². The van der Waals surface area contributed by atoms with E-state index in [0.717, 1.165) is 24.4 Å². The molecule has 1 unspecified atom stereocenters. The maximum atomic E-state index is 11.1. The summed E-state index contributed by atoms with van der Waals surface area (Å²) < 4.78 is 6.00. The Balaban J connectivity index is 1.51. The van der Waals surface area contributed by atoms with Crippen molar-refractivity contribution in [3.8, 4) is 5.75 Å². The molecule has 0 aromatic heterocycles. The predicted molar refractivity (Wildman–Crippen MR) is 109 cm³/mol. The molecule has 132 valence electrons. The van der Waals surface area contributed by atoms with Crippen LogP contribution in [0.15, 0.2) is 60.3 Å². The highest BCUT2D eigenvalue weighted by molar-refractivity contribution is 14.1. The van der Waals surface area contributed by atoms with E-state index in [2.05, 4.69) is 47.5 Å². The molecular weight excluding hydrogens is 427 g/mol. The lowest BCUT2D eigenvalue weighted by Gasteiger charge is -2.41. The van der Waals surface area contributed by atoms with Gasteiger partial charge in [0, 0.05) is 28.3 Å². The van der Waals surface area contributed by atoms with Gasteiger partial charge in [-0.05, 0) is 36.6 Å². The van der Waals surface area contributed by atoms with Gasteiger partial charge in [-0.25, -0.2) is 0 Å². The number of nitrogens with one attached hydrogen (secondary N) is 1. The van der Waals surface area contributed by atoms with Gasteiger partial charge in [0.05, 0.1) is 19.1 Å². The molecule has 0 bridgehead atoms. The average Bonchev–Trinajstić information content (AvgIpc) is 2.74. The zero-order valence-electron chi connectivity index (χ0n) is 14.5. The molecule has 1 amide bonds. The summed E-state index contributed by atoms with van der Waals surface area (Å²) in [6.45, 7) is 5.98. The second kappa shape index (κ2) is 8.08. The predicted octanol–water partition coefficient (Wildman–Crippen LogP) is 4.60. The van der Waals surface area contributed by atoms with Crippen LogP contribution in [0.4, 0.5) is 4.79 Å². The maximum Gasteiger partial charge on any atom is 0.281 e. The van der Waals surface area contributed by atoms with Crippen molar-refractivity contribution in [2.24, 2.45) is 5.92 Å². The summed E-state index contributed by atoms with van der Waals surface area (Å²) in [7, 11) is 0. The number of rotatable bonds is 5. The largest absolute Gasteiger partial charge is 0.487 e. The van der Waals surface area contributed by atoms with Crippen molar-refractivity contribution in [1.29, 1.82) is 0 Å². The molecule has 0 radical (unpaired) electrons. The fraction of sp³-hybridized carbons (Fsp3) is 0.350. The Labute approximate surface area is 162 Å². The van der Waals surface area contributed by atoms with Gasteiger partial charge in [0.1, 0.15) is 11.9 Å². The number of hydrogen-bond donors (Lipinski definition) is 1. The molecule has 1 aromatic carbocycles. The second-order valence-electron chi connectivity index (χ2n) is 6.55. The fourth-order valence-corrected chi connectivity index (χ4v) is 3.46. The van der Waals surface area contributed by atoms with Gasteiger partial charge in [-0.2, -0.15) is 0 Å². The highest BCUT2D eigenvalue weighted by Crippen LogP contribution is 2.25. The molecule has 2 atom stereocenters. The van der Waals surface area contributed by atoms with Crippen molar-refractivity contribution in [3.05, 3.63) is 65.9 Å². The summed E-state index contributed by atoms with van der Waals surface area (Å²) in [5.41, 5.74) is 2.35. The minimum absolute atomic E-state index is 0.00204. The van der Waals surface area contributed by atoms with Gasteiger partial charge in [0.15, 0.2) is 0 Å². The summed E-state index contributed by atoms with van der Waals surface area (Å²) in [5.74, 6) is 1.34. The molecule has 2 aliphatic rings. The topological polar surface area (TPSA) is 41.6 Å². The standard InChI is InChI=1S/C20H23IN2O2/c1-14-5-3-4-6-17(11-14)23-12-19(13-23)25-18-9-7-16(8-10-18)15(2)22-20(21)24/h3-11,14-15,19H,12-13H2,1-2H3,(H,22,24)/t14?,15-/m0/s1. The highest BCUT2D eigenvalue weighted by Gasteiger charge is 2.29. The molecule has 5 heteroatoms. The van der Waals surface area contributed by atoms with E-state index in [0.29, 0.717) is 5.92 Å². The normalized spacial score (nSPS) is 21.2. The minimum atomic E-state index is -0.0497. The monoisotopic (exact) mass is 450 g/mol. The molecule has 1 saturated heterocycles. The molecule has 1 aromatic rings. The van der Waals surface area contributed by atoms with E-state index < -0.39 is 0 Å². The Morgan fingerprint density at radius 2 is 2.00 bits per heavy atom. The maximum absolute atomic E-state index is 11.1. The molecule has 1 fully saturated rings. The van der Waals surface area contributed by atoms with Gasteiger partial charge in [0.25, 0.3) is 3.91 Å². The first-order valence-electron chi connectivity index (χ1n) is 8.55. The summed E-state index contributed by atoms with van der Waals surface area (Å²) >= 11 is 1.75. The van der Waals surface area contributed by atoms with E-state index in [1.54, 1.807) is 22.6 Å². The Hall–Kier alpha value is -1.76. The Morgan fingerprint density at radius 1 is 1.28 bits per heavy atom. The van der Waals surface area contributed by atoms with Crippen LogP contribution in [0.2, 0.25) is 0 Å². The third-order valence-electron chi connectivity index (χ3n) is 4.45. The molecule has 0 spiro atoms. The molecule has 1 N–H and O–H groups in total. The molecule has 0 saturated carbocycles. The van der Waals surface area contributed by atoms with Gasteiger partial charge in [0.2, 0.25) is 0 Å². The molecule has 1 aliphatic heterocycles. The zero-order chi connectivity index (χ0) is 17.8.